The molecular weight excluding hydrogens is 210 g/mol. The molecule has 0 aromatic rings. The lowest BCUT2D eigenvalue weighted by molar-refractivity contribution is 0.0278. The zero-order valence-electron chi connectivity index (χ0n) is 9.41. The quantitative estimate of drug-likeness (QED) is 0.786. The van der Waals surface area contributed by atoms with Gasteiger partial charge < -0.3 is 14.8 Å². The summed E-state index contributed by atoms with van der Waals surface area (Å²) in [5.41, 5.74) is 0. The Labute approximate surface area is 96.3 Å². The molecule has 2 heterocycles. The van der Waals surface area contributed by atoms with Gasteiger partial charge in [0.1, 0.15) is 0 Å². The zero-order chi connectivity index (χ0) is 10.5. The van der Waals surface area contributed by atoms with Gasteiger partial charge in [-0.15, -0.1) is 0 Å². The van der Waals surface area contributed by atoms with Gasteiger partial charge in [0.15, 0.2) is 0 Å². The van der Waals surface area contributed by atoms with Crippen LogP contribution in [0.25, 0.3) is 0 Å². The van der Waals surface area contributed by atoms with E-state index in [1.807, 2.05) is 11.8 Å². The highest BCUT2D eigenvalue weighted by Crippen LogP contribution is 2.24. The monoisotopic (exact) mass is 231 g/mol. The van der Waals surface area contributed by atoms with Gasteiger partial charge in [0.05, 0.1) is 19.3 Å². The van der Waals surface area contributed by atoms with Crippen LogP contribution in [0, 0.1) is 5.92 Å². The van der Waals surface area contributed by atoms with E-state index < -0.39 is 0 Å². The molecule has 3 nitrogen and oxygen atoms in total. The zero-order valence-corrected chi connectivity index (χ0v) is 10.2. The molecule has 15 heavy (non-hydrogen) atoms. The van der Waals surface area contributed by atoms with E-state index in [0.717, 1.165) is 37.9 Å². The molecule has 2 fully saturated rings. The lowest BCUT2D eigenvalue weighted by Crippen LogP contribution is -2.49. The number of likely N-dealkylation sites (N-methyl/N-ethyl adjacent to an activating group) is 1. The molecule has 4 heteroatoms. The van der Waals surface area contributed by atoms with Crippen molar-refractivity contribution in [2.24, 2.45) is 5.92 Å². The van der Waals surface area contributed by atoms with E-state index >= 15 is 0 Å². The van der Waals surface area contributed by atoms with Crippen LogP contribution in [-0.4, -0.2) is 50.0 Å². The number of hydrogen-bond acceptors (Lipinski definition) is 4. The highest BCUT2D eigenvalue weighted by atomic mass is 32.2. The fraction of sp³-hybridized carbons (Fsp3) is 1.00. The van der Waals surface area contributed by atoms with Gasteiger partial charge in [-0.1, -0.05) is 6.92 Å². The second kappa shape index (κ2) is 6.09. The largest absolute Gasteiger partial charge is 0.381 e. The van der Waals surface area contributed by atoms with Crippen molar-refractivity contribution in [3.8, 4) is 0 Å². The molecule has 0 radical (unpaired) electrons. The first-order valence-corrected chi connectivity index (χ1v) is 7.07. The molecule has 1 N–H and O–H groups in total. The van der Waals surface area contributed by atoms with Gasteiger partial charge in [0.2, 0.25) is 0 Å². The van der Waals surface area contributed by atoms with Gasteiger partial charge in [-0.25, -0.2) is 0 Å². The fourth-order valence-electron chi connectivity index (χ4n) is 2.39. The molecule has 2 rings (SSSR count). The average molecular weight is 231 g/mol. The predicted molar refractivity (Wildman–Crippen MR) is 63.5 cm³/mol. The topological polar surface area (TPSA) is 30.5 Å². The summed E-state index contributed by atoms with van der Waals surface area (Å²) in [6, 6.07) is 0.491. The minimum Gasteiger partial charge on any atom is -0.381 e. The number of hydrogen-bond donors (Lipinski definition) is 1. The third-order valence-electron chi connectivity index (χ3n) is 3.15. The Bertz CT molecular complexity index is 179. The summed E-state index contributed by atoms with van der Waals surface area (Å²) in [6.45, 7) is 5.92. The minimum absolute atomic E-state index is 0.385. The third kappa shape index (κ3) is 3.09. The van der Waals surface area contributed by atoms with Crippen LogP contribution in [0.4, 0.5) is 0 Å². The van der Waals surface area contributed by atoms with Crippen LogP contribution >= 0.6 is 11.8 Å². The summed E-state index contributed by atoms with van der Waals surface area (Å²) >= 11 is 2.01. The van der Waals surface area contributed by atoms with Crippen molar-refractivity contribution >= 4 is 11.8 Å². The van der Waals surface area contributed by atoms with E-state index in [2.05, 4.69) is 12.2 Å². The van der Waals surface area contributed by atoms with Crippen molar-refractivity contribution in [1.82, 2.24) is 5.32 Å². The van der Waals surface area contributed by atoms with E-state index in [-0.39, 0.29) is 0 Å². The van der Waals surface area contributed by atoms with Gasteiger partial charge in [-0.2, -0.15) is 11.8 Å². The second-order valence-electron chi connectivity index (χ2n) is 4.19. The molecule has 0 bridgehead atoms. The molecule has 3 unspecified atom stereocenters. The van der Waals surface area contributed by atoms with Crippen molar-refractivity contribution in [2.75, 3.05) is 37.9 Å². The van der Waals surface area contributed by atoms with Gasteiger partial charge in [-0.3, -0.25) is 0 Å². The molecule has 3 atom stereocenters. The van der Waals surface area contributed by atoms with E-state index in [9.17, 15) is 0 Å². The molecular formula is C11H21NO2S. The molecule has 2 saturated heterocycles. The first kappa shape index (κ1) is 11.7. The van der Waals surface area contributed by atoms with Gasteiger partial charge in [0, 0.05) is 30.1 Å². The summed E-state index contributed by atoms with van der Waals surface area (Å²) in [5, 5.41) is 3.58. The molecule has 0 aliphatic carbocycles. The van der Waals surface area contributed by atoms with Gasteiger partial charge >= 0.3 is 0 Å². The Kier molecular flexibility index (Phi) is 4.75. The van der Waals surface area contributed by atoms with E-state index in [0.29, 0.717) is 18.1 Å². The highest BCUT2D eigenvalue weighted by Gasteiger charge is 2.33. The van der Waals surface area contributed by atoms with Crippen LogP contribution < -0.4 is 5.32 Å². The summed E-state index contributed by atoms with van der Waals surface area (Å²) < 4.78 is 11.3. The number of nitrogens with one attached hydrogen (secondary N) is 1. The van der Waals surface area contributed by atoms with Crippen molar-refractivity contribution < 1.29 is 9.47 Å². The van der Waals surface area contributed by atoms with Crippen LogP contribution in [0.15, 0.2) is 0 Å². The first-order chi connectivity index (χ1) is 7.42. The lowest BCUT2D eigenvalue weighted by Gasteiger charge is -2.33. The van der Waals surface area contributed by atoms with E-state index in [4.69, 9.17) is 9.47 Å². The maximum atomic E-state index is 5.87. The van der Waals surface area contributed by atoms with Crippen LogP contribution in [0.3, 0.4) is 0 Å². The molecule has 0 amide bonds. The molecule has 0 spiro atoms. The van der Waals surface area contributed by atoms with Crippen molar-refractivity contribution in [1.29, 1.82) is 0 Å². The maximum absolute atomic E-state index is 5.87. The minimum atomic E-state index is 0.385. The van der Waals surface area contributed by atoms with Crippen molar-refractivity contribution in [3.63, 3.8) is 0 Å². The Morgan fingerprint density at radius 1 is 1.47 bits per heavy atom. The summed E-state index contributed by atoms with van der Waals surface area (Å²) in [7, 11) is 0. The number of ether oxygens (including phenoxy) is 2. The number of rotatable bonds is 4. The fourth-order valence-corrected chi connectivity index (χ4v) is 3.30. The summed E-state index contributed by atoms with van der Waals surface area (Å²) in [4.78, 5) is 0. The van der Waals surface area contributed by atoms with E-state index in [1.165, 1.54) is 6.42 Å². The maximum Gasteiger partial charge on any atom is 0.0822 e. The average Bonchev–Trinajstić information content (AvgIpc) is 2.80. The van der Waals surface area contributed by atoms with Crippen LogP contribution in [0.1, 0.15) is 13.3 Å². The second-order valence-corrected chi connectivity index (χ2v) is 5.34. The van der Waals surface area contributed by atoms with Crippen LogP contribution in [0.2, 0.25) is 0 Å². The third-order valence-corrected chi connectivity index (χ3v) is 4.17. The van der Waals surface area contributed by atoms with Crippen molar-refractivity contribution in [2.45, 2.75) is 25.5 Å². The molecule has 2 aliphatic heterocycles. The standard InChI is InChI=1S/C11H21NO2S/c1-2-12-11(9-3-4-13-7-9)10-8-15-6-5-14-10/h9-12H,2-8H2,1H3. The highest BCUT2D eigenvalue weighted by molar-refractivity contribution is 7.99. The van der Waals surface area contributed by atoms with E-state index in [1.54, 1.807) is 0 Å². The Morgan fingerprint density at radius 3 is 3.00 bits per heavy atom. The normalized spacial score (nSPS) is 34.2. The lowest BCUT2D eigenvalue weighted by atomic mass is 9.94. The van der Waals surface area contributed by atoms with Gasteiger partial charge in [-0.05, 0) is 13.0 Å². The first-order valence-electron chi connectivity index (χ1n) is 5.92. The summed E-state index contributed by atoms with van der Waals surface area (Å²) in [5.74, 6) is 2.93. The molecule has 88 valence electrons. The molecule has 0 saturated carbocycles. The van der Waals surface area contributed by atoms with Crippen LogP contribution in [-0.2, 0) is 9.47 Å². The smallest absolute Gasteiger partial charge is 0.0822 e. The predicted octanol–water partition coefficient (Wildman–Crippen LogP) is 1.13. The molecule has 0 aromatic heterocycles. The Hall–Kier alpha value is 0.230. The Morgan fingerprint density at radius 2 is 2.40 bits per heavy atom. The number of thioether (sulfide) groups is 1. The Balaban J connectivity index is 1.90. The SMILES string of the molecule is CCNC(C1CCOC1)C1CSCCO1. The van der Waals surface area contributed by atoms with Gasteiger partial charge in [0.25, 0.3) is 0 Å². The summed E-state index contributed by atoms with van der Waals surface area (Å²) in [6.07, 6.45) is 1.57. The molecule has 0 aromatic carbocycles. The molecule has 2 aliphatic rings. The van der Waals surface area contributed by atoms with Crippen molar-refractivity contribution in [3.05, 3.63) is 0 Å². The van der Waals surface area contributed by atoms with Crippen LogP contribution in [0.5, 0.6) is 0 Å².